The van der Waals surface area contributed by atoms with Gasteiger partial charge in [-0.2, -0.15) is 13.2 Å². The van der Waals surface area contributed by atoms with E-state index in [1.54, 1.807) is 6.92 Å². The Hall–Kier alpha value is -2.16. The second-order valence-electron chi connectivity index (χ2n) is 7.24. The number of amides is 1. The molecule has 1 aliphatic rings. The highest BCUT2D eigenvalue weighted by atomic mass is 19.4. The summed E-state index contributed by atoms with van der Waals surface area (Å²) in [7, 11) is 0. The van der Waals surface area contributed by atoms with E-state index in [4.69, 9.17) is 0 Å². The summed E-state index contributed by atoms with van der Waals surface area (Å²) in [5, 5.41) is 16.2. The first kappa shape index (κ1) is 21.1. The number of carbonyl (C=O) groups is 1. The van der Waals surface area contributed by atoms with Crippen LogP contribution in [0.5, 0.6) is 0 Å². The quantitative estimate of drug-likeness (QED) is 0.581. The van der Waals surface area contributed by atoms with Crippen molar-refractivity contribution in [2.24, 2.45) is 11.8 Å². The molecule has 27 heavy (non-hydrogen) atoms. The highest BCUT2D eigenvalue weighted by Crippen LogP contribution is 2.37. The van der Waals surface area contributed by atoms with Gasteiger partial charge in [-0.25, -0.2) is 0 Å². The van der Waals surface area contributed by atoms with Gasteiger partial charge in [0, 0.05) is 18.2 Å². The zero-order valence-corrected chi connectivity index (χ0v) is 15.5. The Balaban J connectivity index is 2.13. The van der Waals surface area contributed by atoms with Gasteiger partial charge in [-0.3, -0.25) is 14.9 Å². The predicted molar refractivity (Wildman–Crippen MR) is 95.3 cm³/mol. The molecule has 9 heteroatoms. The summed E-state index contributed by atoms with van der Waals surface area (Å²) < 4.78 is 39.7. The monoisotopic (exact) mass is 387 g/mol. The fourth-order valence-corrected chi connectivity index (χ4v) is 3.44. The standard InChI is InChI=1S/C18H24F3N3O3/c1-10-5-4-6-15(11(10)2)22-12(3)17(25)23-16-8-7-13(24(26)27)9-14(16)18(19,20)21/h7-12,15,22H,4-6H2,1-3H3,(H,23,25)/t10-,11+,12-,15+/m0/s1. The Bertz CT molecular complexity index is 709. The number of rotatable bonds is 5. The van der Waals surface area contributed by atoms with Crippen LogP contribution in [0.3, 0.4) is 0 Å². The smallest absolute Gasteiger partial charge is 0.324 e. The van der Waals surface area contributed by atoms with Crippen LogP contribution in [-0.2, 0) is 11.0 Å². The molecule has 1 aromatic carbocycles. The highest BCUT2D eigenvalue weighted by Gasteiger charge is 2.36. The molecule has 0 radical (unpaired) electrons. The number of hydrogen-bond donors (Lipinski definition) is 2. The number of nitrogens with one attached hydrogen (secondary N) is 2. The zero-order valence-electron chi connectivity index (χ0n) is 15.5. The molecule has 4 atom stereocenters. The number of anilines is 1. The van der Waals surface area contributed by atoms with Crippen LogP contribution in [0.25, 0.3) is 0 Å². The van der Waals surface area contributed by atoms with Crippen LogP contribution < -0.4 is 10.6 Å². The van der Waals surface area contributed by atoms with E-state index in [0.29, 0.717) is 17.9 Å². The predicted octanol–water partition coefficient (Wildman–Crippen LogP) is 4.35. The van der Waals surface area contributed by atoms with Crippen LogP contribution in [0.1, 0.15) is 45.6 Å². The number of nitro groups is 1. The second-order valence-corrected chi connectivity index (χ2v) is 7.24. The van der Waals surface area contributed by atoms with Crippen LogP contribution >= 0.6 is 0 Å². The molecule has 2 rings (SSSR count). The SMILES string of the molecule is C[C@@H]1[C@@H](C)CCC[C@H]1N[C@@H](C)C(=O)Nc1ccc([N+](=O)[O-])cc1C(F)(F)F. The largest absolute Gasteiger partial charge is 0.418 e. The van der Waals surface area contributed by atoms with Crippen LogP contribution in [0.15, 0.2) is 18.2 Å². The third-order valence-electron chi connectivity index (χ3n) is 5.34. The van der Waals surface area contributed by atoms with Gasteiger partial charge in [-0.15, -0.1) is 0 Å². The molecule has 0 spiro atoms. The number of halogens is 3. The van der Waals surface area contributed by atoms with E-state index in [1.165, 1.54) is 0 Å². The maximum Gasteiger partial charge on any atom is 0.418 e. The van der Waals surface area contributed by atoms with Crippen molar-refractivity contribution in [1.82, 2.24) is 5.32 Å². The molecular weight excluding hydrogens is 363 g/mol. The first-order valence-corrected chi connectivity index (χ1v) is 8.93. The van der Waals surface area contributed by atoms with Crippen molar-refractivity contribution < 1.29 is 22.9 Å². The van der Waals surface area contributed by atoms with Gasteiger partial charge in [0.2, 0.25) is 5.91 Å². The molecule has 0 bridgehead atoms. The molecule has 1 amide bonds. The van der Waals surface area contributed by atoms with E-state index in [1.807, 2.05) is 0 Å². The van der Waals surface area contributed by atoms with Gasteiger partial charge in [0.1, 0.15) is 0 Å². The van der Waals surface area contributed by atoms with Gasteiger partial charge in [0.05, 0.1) is 22.2 Å². The number of carbonyl (C=O) groups excluding carboxylic acids is 1. The Kier molecular flexibility index (Phi) is 6.46. The van der Waals surface area contributed by atoms with E-state index in [-0.39, 0.29) is 6.04 Å². The fraction of sp³-hybridized carbons (Fsp3) is 0.611. The first-order chi connectivity index (χ1) is 12.5. The molecule has 0 unspecified atom stereocenters. The lowest BCUT2D eigenvalue weighted by molar-refractivity contribution is -0.385. The first-order valence-electron chi connectivity index (χ1n) is 8.93. The Labute approximate surface area is 155 Å². The lowest BCUT2D eigenvalue weighted by Crippen LogP contribution is -2.49. The summed E-state index contributed by atoms with van der Waals surface area (Å²) in [6, 6.07) is 1.70. The Morgan fingerprint density at radius 3 is 2.56 bits per heavy atom. The normalized spacial score (nSPS) is 24.3. The fourth-order valence-electron chi connectivity index (χ4n) is 3.44. The van der Waals surface area contributed by atoms with Gasteiger partial charge in [-0.05, 0) is 31.2 Å². The average Bonchev–Trinajstić information content (AvgIpc) is 2.58. The molecule has 0 heterocycles. The molecule has 0 aliphatic heterocycles. The summed E-state index contributed by atoms with van der Waals surface area (Å²) in [5.74, 6) is 0.261. The van der Waals surface area contributed by atoms with Gasteiger partial charge >= 0.3 is 6.18 Å². The molecule has 150 valence electrons. The van der Waals surface area contributed by atoms with Crippen molar-refractivity contribution in [2.45, 2.75) is 58.3 Å². The Morgan fingerprint density at radius 2 is 1.96 bits per heavy atom. The van der Waals surface area contributed by atoms with E-state index >= 15 is 0 Å². The summed E-state index contributed by atoms with van der Waals surface area (Å²) in [6.45, 7) is 5.85. The van der Waals surface area contributed by atoms with Crippen LogP contribution in [0, 0.1) is 22.0 Å². The molecule has 0 aromatic heterocycles. The molecule has 1 saturated carbocycles. The summed E-state index contributed by atoms with van der Waals surface area (Å²) in [6.07, 6.45) is -1.75. The van der Waals surface area contributed by atoms with E-state index in [2.05, 4.69) is 24.5 Å². The van der Waals surface area contributed by atoms with Crippen molar-refractivity contribution in [1.29, 1.82) is 0 Å². The summed E-state index contributed by atoms with van der Waals surface area (Å²) in [5.41, 5.74) is -2.41. The third kappa shape index (κ3) is 5.18. The molecule has 1 aliphatic carbocycles. The lowest BCUT2D eigenvalue weighted by Gasteiger charge is -2.36. The van der Waals surface area contributed by atoms with Gasteiger partial charge < -0.3 is 10.6 Å². The maximum atomic E-state index is 13.2. The number of alkyl halides is 3. The molecular formula is C18H24F3N3O3. The van der Waals surface area contributed by atoms with Crippen LogP contribution in [0.4, 0.5) is 24.5 Å². The minimum atomic E-state index is -4.82. The third-order valence-corrected chi connectivity index (χ3v) is 5.34. The summed E-state index contributed by atoms with van der Waals surface area (Å²) >= 11 is 0. The number of hydrogen-bond acceptors (Lipinski definition) is 4. The number of nitrogens with zero attached hydrogens (tertiary/aromatic N) is 1. The molecule has 6 nitrogen and oxygen atoms in total. The van der Waals surface area contributed by atoms with Crippen molar-refractivity contribution in [3.8, 4) is 0 Å². The molecule has 2 N–H and O–H groups in total. The van der Waals surface area contributed by atoms with Gasteiger partial charge in [0.15, 0.2) is 0 Å². The lowest BCUT2D eigenvalue weighted by atomic mass is 9.78. The molecule has 1 fully saturated rings. The number of non-ortho nitro benzene ring substituents is 1. The average molecular weight is 387 g/mol. The molecule has 0 saturated heterocycles. The maximum absolute atomic E-state index is 13.2. The van der Waals surface area contributed by atoms with E-state index in [0.717, 1.165) is 31.4 Å². The second kappa shape index (κ2) is 8.24. The van der Waals surface area contributed by atoms with E-state index < -0.39 is 40.0 Å². The van der Waals surface area contributed by atoms with Crippen molar-refractivity contribution in [2.75, 3.05) is 5.32 Å². The minimum absolute atomic E-state index is 0.119. The van der Waals surface area contributed by atoms with E-state index in [9.17, 15) is 28.1 Å². The Morgan fingerprint density at radius 1 is 1.30 bits per heavy atom. The van der Waals surface area contributed by atoms with Crippen molar-refractivity contribution in [3.63, 3.8) is 0 Å². The number of benzene rings is 1. The zero-order chi connectivity index (χ0) is 20.4. The minimum Gasteiger partial charge on any atom is -0.324 e. The van der Waals surface area contributed by atoms with Crippen molar-refractivity contribution in [3.05, 3.63) is 33.9 Å². The van der Waals surface area contributed by atoms with Gasteiger partial charge in [0.25, 0.3) is 5.69 Å². The van der Waals surface area contributed by atoms with Crippen LogP contribution in [0.2, 0.25) is 0 Å². The highest BCUT2D eigenvalue weighted by molar-refractivity contribution is 5.95. The van der Waals surface area contributed by atoms with Gasteiger partial charge in [-0.1, -0.05) is 26.7 Å². The molecule has 1 aromatic rings. The summed E-state index contributed by atoms with van der Waals surface area (Å²) in [4.78, 5) is 22.2. The van der Waals surface area contributed by atoms with Crippen molar-refractivity contribution >= 4 is 17.3 Å². The topological polar surface area (TPSA) is 84.3 Å². The van der Waals surface area contributed by atoms with Crippen LogP contribution in [-0.4, -0.2) is 22.9 Å². The number of nitro benzene ring substituents is 1.